The zero-order valence-corrected chi connectivity index (χ0v) is 18.2. The fraction of sp³-hybridized carbons (Fsp3) is 0.333. The molecule has 1 fully saturated rings. The molecule has 0 spiro atoms. The van der Waals surface area contributed by atoms with Gasteiger partial charge >= 0.3 is 0 Å². The van der Waals surface area contributed by atoms with Gasteiger partial charge in [-0.3, -0.25) is 0 Å². The summed E-state index contributed by atoms with van der Waals surface area (Å²) < 4.78 is 40.1. The Balaban J connectivity index is 1.57. The molecular formula is C24H27FN2O2S. The molecule has 6 heteroatoms. The van der Waals surface area contributed by atoms with Gasteiger partial charge in [-0.15, -0.1) is 0 Å². The fourth-order valence-electron chi connectivity index (χ4n) is 3.16. The number of hydrogen-bond acceptors (Lipinski definition) is 3. The van der Waals surface area contributed by atoms with E-state index in [4.69, 9.17) is 0 Å². The van der Waals surface area contributed by atoms with Crippen LogP contribution in [0.25, 0.3) is 0 Å². The monoisotopic (exact) mass is 426 g/mol. The molecule has 0 unspecified atom stereocenters. The lowest BCUT2D eigenvalue weighted by Crippen LogP contribution is -2.48. The molecule has 0 atom stereocenters. The Bertz CT molecular complexity index is 1030. The third kappa shape index (κ3) is 6.19. The number of halogens is 1. The van der Waals surface area contributed by atoms with Crippen molar-refractivity contribution in [3.05, 3.63) is 77.5 Å². The molecule has 0 aliphatic carbocycles. The lowest BCUT2D eigenvalue weighted by molar-refractivity contribution is 0.389. The molecule has 2 aromatic rings. The summed E-state index contributed by atoms with van der Waals surface area (Å²) in [5, 5.41) is 1.31. The second kappa shape index (κ2) is 9.46. The number of allylic oxidation sites excluding steroid dienone is 1. The molecule has 0 bridgehead atoms. The predicted molar refractivity (Wildman–Crippen MR) is 120 cm³/mol. The van der Waals surface area contributed by atoms with E-state index in [0.717, 1.165) is 11.3 Å². The Labute approximate surface area is 179 Å². The molecule has 158 valence electrons. The topological polar surface area (TPSA) is 40.6 Å². The van der Waals surface area contributed by atoms with Crippen molar-refractivity contribution in [1.82, 2.24) is 4.31 Å². The highest BCUT2D eigenvalue weighted by molar-refractivity contribution is 7.92. The van der Waals surface area contributed by atoms with Crippen molar-refractivity contribution >= 4 is 15.7 Å². The van der Waals surface area contributed by atoms with Crippen LogP contribution in [0.4, 0.5) is 10.1 Å². The number of piperazine rings is 1. The summed E-state index contributed by atoms with van der Waals surface area (Å²) in [6.45, 7) is 5.90. The molecule has 1 aliphatic heterocycles. The number of sulfonamides is 1. The molecule has 0 aromatic heterocycles. The van der Waals surface area contributed by atoms with Crippen LogP contribution < -0.4 is 4.90 Å². The fourth-order valence-corrected chi connectivity index (χ4v) is 4.55. The number of benzene rings is 2. The minimum Gasteiger partial charge on any atom is -0.369 e. The highest BCUT2D eigenvalue weighted by atomic mass is 32.2. The largest absolute Gasteiger partial charge is 0.369 e. The van der Waals surface area contributed by atoms with Crippen molar-refractivity contribution in [1.29, 1.82) is 0 Å². The van der Waals surface area contributed by atoms with Crippen molar-refractivity contribution in [2.75, 3.05) is 31.1 Å². The molecule has 1 heterocycles. The average Bonchev–Trinajstić information content (AvgIpc) is 2.74. The van der Waals surface area contributed by atoms with E-state index < -0.39 is 10.0 Å². The first-order valence-corrected chi connectivity index (χ1v) is 11.5. The zero-order chi connectivity index (χ0) is 21.6. The van der Waals surface area contributed by atoms with Crippen molar-refractivity contribution < 1.29 is 12.8 Å². The number of anilines is 1. The maximum Gasteiger partial charge on any atom is 0.236 e. The quantitative estimate of drug-likeness (QED) is 0.671. The van der Waals surface area contributed by atoms with Gasteiger partial charge in [-0.05, 0) is 41.8 Å². The van der Waals surface area contributed by atoms with Gasteiger partial charge in [0.2, 0.25) is 10.0 Å². The van der Waals surface area contributed by atoms with Crippen LogP contribution in [0.5, 0.6) is 0 Å². The number of hydrogen-bond donors (Lipinski definition) is 0. The molecule has 3 rings (SSSR count). The van der Waals surface area contributed by atoms with Crippen molar-refractivity contribution in [2.24, 2.45) is 5.41 Å². The van der Waals surface area contributed by atoms with E-state index in [0.29, 0.717) is 32.6 Å². The lowest BCUT2D eigenvalue weighted by atomic mass is 9.90. The first-order valence-electron chi connectivity index (χ1n) is 9.99. The molecule has 0 radical (unpaired) electrons. The Hall–Kier alpha value is -2.62. The highest BCUT2D eigenvalue weighted by Crippen LogP contribution is 2.24. The third-order valence-electron chi connectivity index (χ3n) is 5.03. The maximum atomic E-state index is 13.1. The summed E-state index contributed by atoms with van der Waals surface area (Å²) in [5.41, 5.74) is 1.50. The summed E-state index contributed by atoms with van der Waals surface area (Å²) >= 11 is 0. The first kappa shape index (κ1) is 22.1. The Morgan fingerprint density at radius 2 is 1.63 bits per heavy atom. The smallest absolute Gasteiger partial charge is 0.236 e. The molecule has 30 heavy (non-hydrogen) atoms. The van der Waals surface area contributed by atoms with Crippen LogP contribution in [0.2, 0.25) is 0 Å². The molecule has 4 nitrogen and oxygen atoms in total. The summed E-state index contributed by atoms with van der Waals surface area (Å²) in [5.74, 6) is 5.98. The van der Waals surface area contributed by atoms with E-state index in [1.807, 2.05) is 44.2 Å². The average molecular weight is 427 g/mol. The maximum absolute atomic E-state index is 13.1. The highest BCUT2D eigenvalue weighted by Gasteiger charge is 2.26. The van der Waals surface area contributed by atoms with Crippen molar-refractivity contribution in [2.45, 2.75) is 20.3 Å². The minimum atomic E-state index is -3.49. The van der Waals surface area contributed by atoms with Crippen LogP contribution in [0, 0.1) is 23.1 Å². The SMILES string of the molecule is CC(C)(C=CS(=O)(=O)N1CCN(c2ccc(F)cc2)CC1)CC#Cc1ccccc1. The zero-order valence-electron chi connectivity index (χ0n) is 17.4. The molecule has 1 saturated heterocycles. The number of nitrogens with zero attached hydrogens (tertiary/aromatic N) is 2. The Morgan fingerprint density at radius 3 is 2.27 bits per heavy atom. The van der Waals surface area contributed by atoms with Crippen LogP contribution in [-0.2, 0) is 10.0 Å². The van der Waals surface area contributed by atoms with Gasteiger partial charge in [-0.2, -0.15) is 4.31 Å². The van der Waals surface area contributed by atoms with Gasteiger partial charge in [-0.1, -0.05) is 50.0 Å². The summed E-state index contributed by atoms with van der Waals surface area (Å²) in [6.07, 6.45) is 2.29. The van der Waals surface area contributed by atoms with Gasteiger partial charge in [0.1, 0.15) is 5.82 Å². The van der Waals surface area contributed by atoms with Crippen LogP contribution in [0.3, 0.4) is 0 Å². The summed E-state index contributed by atoms with van der Waals surface area (Å²) in [6, 6.07) is 16.0. The van der Waals surface area contributed by atoms with E-state index in [1.165, 1.54) is 21.8 Å². The molecule has 0 N–H and O–H groups in total. The molecule has 0 amide bonds. The second-order valence-electron chi connectivity index (χ2n) is 8.04. The predicted octanol–water partition coefficient (Wildman–Crippen LogP) is 4.26. The number of rotatable bonds is 5. The van der Waals surface area contributed by atoms with E-state index in [-0.39, 0.29) is 11.2 Å². The molecular weight excluding hydrogens is 399 g/mol. The van der Waals surface area contributed by atoms with Crippen LogP contribution >= 0.6 is 0 Å². The first-order chi connectivity index (χ1) is 14.3. The normalized spacial score (nSPS) is 15.8. The van der Waals surface area contributed by atoms with Gasteiger partial charge in [-0.25, -0.2) is 12.8 Å². The van der Waals surface area contributed by atoms with Gasteiger partial charge in [0.05, 0.1) is 0 Å². The molecule has 0 saturated carbocycles. The van der Waals surface area contributed by atoms with Gasteiger partial charge < -0.3 is 4.90 Å². The summed E-state index contributed by atoms with van der Waals surface area (Å²) in [7, 11) is -3.49. The van der Waals surface area contributed by atoms with Crippen molar-refractivity contribution in [3.8, 4) is 11.8 Å². The Morgan fingerprint density at radius 1 is 1.00 bits per heavy atom. The van der Waals surface area contributed by atoms with Crippen LogP contribution in [0.15, 0.2) is 66.1 Å². The van der Waals surface area contributed by atoms with E-state index in [1.54, 1.807) is 18.2 Å². The van der Waals surface area contributed by atoms with Gasteiger partial charge in [0.15, 0.2) is 0 Å². The van der Waals surface area contributed by atoms with Gasteiger partial charge in [0.25, 0.3) is 0 Å². The molecule has 2 aromatic carbocycles. The standard InChI is InChI=1S/C24H27FN2O2S/c1-24(2,14-6-9-21-7-4-3-5-8-21)15-20-30(28,29)27-18-16-26(17-19-27)23-12-10-22(25)11-13-23/h3-5,7-8,10-13,15,20H,14,16-19H2,1-2H3. The van der Waals surface area contributed by atoms with Gasteiger partial charge in [0, 0.05) is 49.3 Å². The van der Waals surface area contributed by atoms with E-state index >= 15 is 0 Å². The van der Waals surface area contributed by atoms with E-state index in [2.05, 4.69) is 16.7 Å². The van der Waals surface area contributed by atoms with Crippen molar-refractivity contribution in [3.63, 3.8) is 0 Å². The van der Waals surface area contributed by atoms with Crippen LogP contribution in [0.1, 0.15) is 25.8 Å². The van der Waals surface area contributed by atoms with E-state index in [9.17, 15) is 12.8 Å². The van der Waals surface area contributed by atoms with Crippen LogP contribution in [-0.4, -0.2) is 38.9 Å². The summed E-state index contributed by atoms with van der Waals surface area (Å²) in [4.78, 5) is 2.07. The third-order valence-corrected chi connectivity index (χ3v) is 6.60. The minimum absolute atomic E-state index is 0.277. The molecule has 1 aliphatic rings. The second-order valence-corrected chi connectivity index (χ2v) is 9.86. The Kier molecular flexibility index (Phi) is 6.96. The lowest BCUT2D eigenvalue weighted by Gasteiger charge is -2.35.